The molecule has 7 heteroatoms. The highest BCUT2D eigenvalue weighted by Gasteiger charge is 2.19. The van der Waals surface area contributed by atoms with E-state index in [2.05, 4.69) is 39.2 Å². The summed E-state index contributed by atoms with van der Waals surface area (Å²) < 4.78 is 1.67. The number of nitrogen functional groups attached to an aromatic ring is 1. The molecule has 0 bridgehead atoms. The summed E-state index contributed by atoms with van der Waals surface area (Å²) in [5, 5.41) is 4.49. The molecule has 7 nitrogen and oxygen atoms in total. The third kappa shape index (κ3) is 2.10. The van der Waals surface area contributed by atoms with Crippen molar-refractivity contribution in [2.45, 2.75) is 32.6 Å². The van der Waals surface area contributed by atoms with Crippen LogP contribution in [0.2, 0.25) is 0 Å². The zero-order valence-electron chi connectivity index (χ0n) is 11.3. The van der Waals surface area contributed by atoms with E-state index in [-0.39, 0.29) is 0 Å². The van der Waals surface area contributed by atoms with Crippen molar-refractivity contribution in [2.75, 3.05) is 23.4 Å². The van der Waals surface area contributed by atoms with Gasteiger partial charge in [-0.25, -0.2) is 10.8 Å². The molecule has 0 amide bonds. The second kappa shape index (κ2) is 4.65. The number of nitrogens with two attached hydrogens (primary N) is 1. The summed E-state index contributed by atoms with van der Waals surface area (Å²) in [6, 6.07) is 1.92. The Morgan fingerprint density at radius 1 is 1.26 bits per heavy atom. The van der Waals surface area contributed by atoms with Gasteiger partial charge in [0.05, 0.1) is 5.69 Å². The van der Waals surface area contributed by atoms with E-state index in [0.717, 1.165) is 24.7 Å². The standard InChI is InChI=1S/C12H19N7/c1-8(2)9-7-10(16-13)19-11(14-9)15-12(17-19)18-5-3-4-6-18/h7-8,16H,3-6,13H2,1-2H3. The fourth-order valence-electron chi connectivity index (χ4n) is 2.33. The molecule has 1 aliphatic heterocycles. The first kappa shape index (κ1) is 12.2. The number of hydrogen-bond acceptors (Lipinski definition) is 6. The first-order valence-corrected chi connectivity index (χ1v) is 6.68. The summed E-state index contributed by atoms with van der Waals surface area (Å²) >= 11 is 0. The topological polar surface area (TPSA) is 84.4 Å². The van der Waals surface area contributed by atoms with Gasteiger partial charge < -0.3 is 10.3 Å². The van der Waals surface area contributed by atoms with Crippen LogP contribution < -0.4 is 16.2 Å². The molecule has 1 aliphatic rings. The molecule has 1 fully saturated rings. The SMILES string of the molecule is CC(C)c1cc(NN)n2nc(N3CCCC3)nc2n1. The number of aromatic nitrogens is 4. The van der Waals surface area contributed by atoms with Crippen LogP contribution in [0.15, 0.2) is 6.07 Å². The van der Waals surface area contributed by atoms with Gasteiger partial charge in [0.25, 0.3) is 5.78 Å². The lowest BCUT2D eigenvalue weighted by atomic mass is 10.1. The summed E-state index contributed by atoms with van der Waals surface area (Å²) in [5.74, 6) is 7.94. The van der Waals surface area contributed by atoms with Crippen LogP contribution in [-0.2, 0) is 0 Å². The van der Waals surface area contributed by atoms with Crippen LogP contribution in [0.3, 0.4) is 0 Å². The van der Waals surface area contributed by atoms with Crippen molar-refractivity contribution in [3.05, 3.63) is 11.8 Å². The molecule has 0 aromatic carbocycles. The molecule has 2 aromatic heterocycles. The molecule has 19 heavy (non-hydrogen) atoms. The molecule has 0 saturated carbocycles. The van der Waals surface area contributed by atoms with Crippen LogP contribution in [-0.4, -0.2) is 32.7 Å². The number of fused-ring (bicyclic) bond motifs is 1. The van der Waals surface area contributed by atoms with Crippen LogP contribution in [0.5, 0.6) is 0 Å². The van der Waals surface area contributed by atoms with E-state index in [1.807, 2.05) is 6.07 Å². The first-order valence-electron chi connectivity index (χ1n) is 6.68. The Kier molecular flexibility index (Phi) is 2.98. The Morgan fingerprint density at radius 2 is 2.00 bits per heavy atom. The van der Waals surface area contributed by atoms with E-state index in [4.69, 9.17) is 5.84 Å². The predicted octanol–water partition coefficient (Wildman–Crippen LogP) is 1.13. The van der Waals surface area contributed by atoms with Crippen LogP contribution in [0.1, 0.15) is 38.3 Å². The highest BCUT2D eigenvalue weighted by molar-refractivity contribution is 5.49. The minimum atomic E-state index is 0.323. The van der Waals surface area contributed by atoms with E-state index >= 15 is 0 Å². The van der Waals surface area contributed by atoms with Crippen LogP contribution in [0.4, 0.5) is 11.8 Å². The number of rotatable bonds is 3. The molecule has 3 heterocycles. The van der Waals surface area contributed by atoms with Gasteiger partial charge in [-0.05, 0) is 18.8 Å². The Bertz CT molecular complexity index is 583. The minimum Gasteiger partial charge on any atom is -0.339 e. The van der Waals surface area contributed by atoms with Crippen molar-refractivity contribution in [3.8, 4) is 0 Å². The van der Waals surface area contributed by atoms with E-state index in [1.165, 1.54) is 12.8 Å². The zero-order valence-corrected chi connectivity index (χ0v) is 11.3. The molecular weight excluding hydrogens is 242 g/mol. The van der Waals surface area contributed by atoms with Gasteiger partial charge in [0, 0.05) is 19.2 Å². The molecule has 1 saturated heterocycles. The normalized spacial score (nSPS) is 15.7. The van der Waals surface area contributed by atoms with Crippen LogP contribution in [0.25, 0.3) is 5.78 Å². The molecule has 102 valence electrons. The van der Waals surface area contributed by atoms with Gasteiger partial charge in [0.2, 0.25) is 5.95 Å². The van der Waals surface area contributed by atoms with Gasteiger partial charge in [-0.1, -0.05) is 13.8 Å². The van der Waals surface area contributed by atoms with Crippen molar-refractivity contribution in [3.63, 3.8) is 0 Å². The zero-order chi connectivity index (χ0) is 13.4. The van der Waals surface area contributed by atoms with Gasteiger partial charge in [-0.3, -0.25) is 0 Å². The van der Waals surface area contributed by atoms with E-state index in [9.17, 15) is 0 Å². The Hall–Kier alpha value is -1.89. The lowest BCUT2D eigenvalue weighted by molar-refractivity contribution is 0.806. The first-order chi connectivity index (χ1) is 9.19. The van der Waals surface area contributed by atoms with Gasteiger partial charge in [0.1, 0.15) is 5.82 Å². The summed E-state index contributed by atoms with van der Waals surface area (Å²) in [6.45, 7) is 6.21. The lowest BCUT2D eigenvalue weighted by Crippen LogP contribution is -2.19. The van der Waals surface area contributed by atoms with Gasteiger partial charge >= 0.3 is 0 Å². The second-order valence-electron chi connectivity index (χ2n) is 5.18. The lowest BCUT2D eigenvalue weighted by Gasteiger charge is -2.10. The van der Waals surface area contributed by atoms with E-state index < -0.39 is 0 Å². The van der Waals surface area contributed by atoms with Crippen molar-refractivity contribution in [1.29, 1.82) is 0 Å². The highest BCUT2D eigenvalue weighted by atomic mass is 15.5. The largest absolute Gasteiger partial charge is 0.339 e. The molecule has 0 spiro atoms. The number of nitrogens with zero attached hydrogens (tertiary/aromatic N) is 5. The monoisotopic (exact) mass is 261 g/mol. The third-order valence-electron chi connectivity index (χ3n) is 3.45. The number of hydrazine groups is 1. The smallest absolute Gasteiger partial charge is 0.256 e. The fourth-order valence-corrected chi connectivity index (χ4v) is 2.33. The number of anilines is 2. The van der Waals surface area contributed by atoms with E-state index in [1.54, 1.807) is 4.52 Å². The second-order valence-corrected chi connectivity index (χ2v) is 5.18. The molecule has 0 aliphatic carbocycles. The van der Waals surface area contributed by atoms with E-state index in [0.29, 0.717) is 17.5 Å². The van der Waals surface area contributed by atoms with Gasteiger partial charge in [0.15, 0.2) is 0 Å². The molecule has 3 rings (SSSR count). The molecule has 0 atom stereocenters. The van der Waals surface area contributed by atoms with Crippen molar-refractivity contribution in [2.24, 2.45) is 5.84 Å². The summed E-state index contributed by atoms with van der Waals surface area (Å²) in [7, 11) is 0. The van der Waals surface area contributed by atoms with Crippen LogP contribution in [0, 0.1) is 0 Å². The fraction of sp³-hybridized carbons (Fsp3) is 0.583. The van der Waals surface area contributed by atoms with Crippen molar-refractivity contribution >= 4 is 17.5 Å². The van der Waals surface area contributed by atoms with Crippen LogP contribution >= 0.6 is 0 Å². The molecule has 3 N–H and O–H groups in total. The molecular formula is C12H19N7. The quantitative estimate of drug-likeness (QED) is 0.636. The molecule has 0 radical (unpaired) electrons. The highest BCUT2D eigenvalue weighted by Crippen LogP contribution is 2.21. The van der Waals surface area contributed by atoms with Gasteiger partial charge in [-0.2, -0.15) is 9.50 Å². The maximum Gasteiger partial charge on any atom is 0.256 e. The summed E-state index contributed by atoms with van der Waals surface area (Å²) in [5.41, 5.74) is 3.63. The Labute approximate surface area is 111 Å². The number of nitrogens with one attached hydrogen (secondary N) is 1. The van der Waals surface area contributed by atoms with Gasteiger partial charge in [-0.15, -0.1) is 5.10 Å². The molecule has 0 unspecified atom stereocenters. The maximum absolute atomic E-state index is 5.57. The maximum atomic E-state index is 5.57. The average Bonchev–Trinajstić information content (AvgIpc) is 3.05. The molecule has 2 aromatic rings. The Balaban J connectivity index is 2.09. The summed E-state index contributed by atoms with van der Waals surface area (Å²) in [4.78, 5) is 11.2. The average molecular weight is 261 g/mol. The van der Waals surface area contributed by atoms with Crippen molar-refractivity contribution in [1.82, 2.24) is 19.6 Å². The minimum absolute atomic E-state index is 0.323. The third-order valence-corrected chi connectivity index (χ3v) is 3.45. The predicted molar refractivity (Wildman–Crippen MR) is 74.1 cm³/mol. The van der Waals surface area contributed by atoms with Crippen molar-refractivity contribution < 1.29 is 0 Å². The number of hydrogen-bond donors (Lipinski definition) is 2. The Morgan fingerprint density at radius 3 is 2.63 bits per heavy atom. The summed E-state index contributed by atoms with van der Waals surface area (Å²) in [6.07, 6.45) is 2.39.